The maximum Gasteiger partial charge on any atom is 0.160 e. The van der Waals surface area contributed by atoms with Crippen molar-refractivity contribution in [1.29, 1.82) is 0 Å². The highest BCUT2D eigenvalue weighted by Crippen LogP contribution is 2.41. The summed E-state index contributed by atoms with van der Waals surface area (Å²) in [6.07, 6.45) is 1.25. The molecule has 0 fully saturated rings. The molecule has 0 saturated heterocycles. The Labute approximate surface area is 123 Å². The molecule has 0 aromatic heterocycles. The van der Waals surface area contributed by atoms with Gasteiger partial charge in [-0.15, -0.1) is 0 Å². The summed E-state index contributed by atoms with van der Waals surface area (Å²) in [6.45, 7) is 0.527. The fraction of sp³-hybridized carbons (Fsp3) is 0.500. The summed E-state index contributed by atoms with van der Waals surface area (Å²) in [6, 6.07) is 5.77. The van der Waals surface area contributed by atoms with E-state index in [0.717, 1.165) is 6.26 Å². The van der Waals surface area contributed by atoms with E-state index in [1.807, 2.05) is 0 Å². The number of nitrogens with two attached hydrogens (primary N) is 1. The predicted molar refractivity (Wildman–Crippen MR) is 78.2 cm³/mol. The highest BCUT2D eigenvalue weighted by Gasteiger charge is 2.49. The van der Waals surface area contributed by atoms with E-state index in [-0.39, 0.29) is 24.2 Å². The van der Waals surface area contributed by atoms with Crippen molar-refractivity contribution in [3.8, 4) is 0 Å². The van der Waals surface area contributed by atoms with Gasteiger partial charge in [0.2, 0.25) is 0 Å². The van der Waals surface area contributed by atoms with Crippen molar-refractivity contribution in [2.24, 2.45) is 10.7 Å². The molecule has 7 heteroatoms. The van der Waals surface area contributed by atoms with Gasteiger partial charge in [-0.1, -0.05) is 18.2 Å². The monoisotopic (exact) mass is 316 g/mol. The van der Waals surface area contributed by atoms with Crippen LogP contribution in [-0.2, 0) is 15.4 Å². The quantitative estimate of drug-likeness (QED) is 0.926. The molecule has 1 unspecified atom stereocenters. The van der Waals surface area contributed by atoms with Gasteiger partial charge in [0.15, 0.2) is 9.84 Å². The molecule has 1 aliphatic rings. The Morgan fingerprint density at radius 3 is 2.43 bits per heavy atom. The van der Waals surface area contributed by atoms with Crippen LogP contribution in [0.2, 0.25) is 0 Å². The van der Waals surface area contributed by atoms with Crippen LogP contribution in [0.4, 0.5) is 8.78 Å². The Kier molecular flexibility index (Phi) is 3.82. The van der Waals surface area contributed by atoms with E-state index in [4.69, 9.17) is 5.73 Å². The van der Waals surface area contributed by atoms with Gasteiger partial charge in [0.1, 0.15) is 28.6 Å². The number of amidine groups is 1. The number of sulfone groups is 1. The van der Waals surface area contributed by atoms with E-state index in [9.17, 15) is 17.2 Å². The Bertz CT molecular complexity index is 690. The molecule has 0 aliphatic carbocycles. The van der Waals surface area contributed by atoms with Crippen LogP contribution < -0.4 is 5.73 Å². The van der Waals surface area contributed by atoms with Crippen LogP contribution in [-0.4, -0.2) is 31.9 Å². The van der Waals surface area contributed by atoms with E-state index in [0.29, 0.717) is 0 Å². The van der Waals surface area contributed by atoms with Gasteiger partial charge in [0.05, 0.1) is 0 Å². The smallest absolute Gasteiger partial charge is 0.160 e. The van der Waals surface area contributed by atoms with Gasteiger partial charge in [0.25, 0.3) is 0 Å². The first-order chi connectivity index (χ1) is 9.66. The SMILES string of the molecule is CC1(S(C)(=O)=O)CC[C@@](CF)(c2ccccc2F)N=C1N. The zero-order chi connectivity index (χ0) is 15.9. The van der Waals surface area contributed by atoms with Crippen LogP contribution in [0.25, 0.3) is 0 Å². The topological polar surface area (TPSA) is 72.5 Å². The van der Waals surface area contributed by atoms with E-state index >= 15 is 0 Å². The normalized spacial score (nSPS) is 30.0. The Morgan fingerprint density at radius 2 is 1.95 bits per heavy atom. The third-order valence-corrected chi connectivity index (χ3v) is 6.36. The molecule has 0 spiro atoms. The van der Waals surface area contributed by atoms with Crippen LogP contribution in [0.1, 0.15) is 25.3 Å². The molecule has 1 aromatic rings. The first-order valence-corrected chi connectivity index (χ1v) is 8.42. The van der Waals surface area contributed by atoms with Crippen LogP contribution in [0.5, 0.6) is 0 Å². The molecule has 0 radical (unpaired) electrons. The molecule has 0 amide bonds. The fourth-order valence-electron chi connectivity index (χ4n) is 2.56. The lowest BCUT2D eigenvalue weighted by Crippen LogP contribution is -2.53. The molecule has 1 heterocycles. The fourth-order valence-corrected chi connectivity index (χ4v) is 3.45. The minimum Gasteiger partial charge on any atom is -0.386 e. The van der Waals surface area contributed by atoms with E-state index in [2.05, 4.69) is 4.99 Å². The summed E-state index contributed by atoms with van der Waals surface area (Å²) in [5, 5.41) is 0. The molecule has 2 atom stereocenters. The van der Waals surface area contributed by atoms with E-state index < -0.39 is 32.6 Å². The average molecular weight is 316 g/mol. The van der Waals surface area contributed by atoms with Crippen LogP contribution >= 0.6 is 0 Å². The molecule has 21 heavy (non-hydrogen) atoms. The number of hydrogen-bond acceptors (Lipinski definition) is 4. The van der Waals surface area contributed by atoms with E-state index in [1.165, 1.54) is 25.1 Å². The molecule has 1 aromatic carbocycles. The second-order valence-electron chi connectivity index (χ2n) is 5.65. The largest absolute Gasteiger partial charge is 0.386 e. The van der Waals surface area contributed by atoms with Gasteiger partial charge in [-0.2, -0.15) is 0 Å². The highest BCUT2D eigenvalue weighted by atomic mass is 32.2. The van der Waals surface area contributed by atoms with Crippen molar-refractivity contribution in [3.05, 3.63) is 35.6 Å². The molecule has 116 valence electrons. The number of benzene rings is 1. The van der Waals surface area contributed by atoms with Crippen LogP contribution in [0.3, 0.4) is 0 Å². The molecular weight excluding hydrogens is 298 g/mol. The van der Waals surface area contributed by atoms with Crippen molar-refractivity contribution >= 4 is 15.7 Å². The Morgan fingerprint density at radius 1 is 1.33 bits per heavy atom. The summed E-state index contributed by atoms with van der Waals surface area (Å²) in [5.74, 6) is -0.744. The Hall–Kier alpha value is -1.50. The lowest BCUT2D eigenvalue weighted by molar-refractivity contribution is 0.266. The van der Waals surface area contributed by atoms with Gasteiger partial charge in [0, 0.05) is 11.8 Å². The van der Waals surface area contributed by atoms with Crippen molar-refractivity contribution < 1.29 is 17.2 Å². The zero-order valence-corrected chi connectivity index (χ0v) is 12.8. The summed E-state index contributed by atoms with van der Waals surface area (Å²) < 4.78 is 50.1. The third-order valence-electron chi connectivity index (χ3n) is 4.31. The van der Waals surface area contributed by atoms with Gasteiger partial charge in [-0.3, -0.25) is 4.99 Å². The molecule has 2 N–H and O–H groups in total. The molecule has 2 rings (SSSR count). The van der Waals surface area contributed by atoms with Crippen LogP contribution in [0.15, 0.2) is 29.3 Å². The van der Waals surface area contributed by atoms with Crippen molar-refractivity contribution in [2.45, 2.75) is 30.1 Å². The molecule has 0 saturated carbocycles. The molecule has 0 bridgehead atoms. The van der Waals surface area contributed by atoms with Crippen molar-refractivity contribution in [3.63, 3.8) is 0 Å². The zero-order valence-electron chi connectivity index (χ0n) is 11.9. The maximum atomic E-state index is 14.0. The molecule has 4 nitrogen and oxygen atoms in total. The summed E-state index contributed by atoms with van der Waals surface area (Å²) in [7, 11) is -3.50. The maximum absolute atomic E-state index is 14.0. The number of halogens is 2. The minimum atomic E-state index is -3.50. The number of rotatable bonds is 3. The van der Waals surface area contributed by atoms with Crippen LogP contribution in [0, 0.1) is 5.82 Å². The third kappa shape index (κ3) is 2.43. The molecule has 1 aliphatic heterocycles. The second-order valence-corrected chi connectivity index (χ2v) is 8.09. The second kappa shape index (κ2) is 5.05. The van der Waals surface area contributed by atoms with Gasteiger partial charge >= 0.3 is 0 Å². The predicted octanol–water partition coefficient (Wildman–Crippen LogP) is 1.94. The number of nitrogens with zero attached hydrogens (tertiary/aromatic N) is 1. The van der Waals surface area contributed by atoms with Crippen molar-refractivity contribution in [2.75, 3.05) is 12.9 Å². The lowest BCUT2D eigenvalue weighted by Gasteiger charge is -2.39. The van der Waals surface area contributed by atoms with Gasteiger partial charge in [-0.05, 0) is 25.8 Å². The summed E-state index contributed by atoms with van der Waals surface area (Å²) in [4.78, 5) is 4.08. The van der Waals surface area contributed by atoms with Gasteiger partial charge < -0.3 is 5.73 Å². The summed E-state index contributed by atoms with van der Waals surface area (Å²) >= 11 is 0. The summed E-state index contributed by atoms with van der Waals surface area (Å²) in [5.41, 5.74) is 4.48. The molecular formula is C14H18F2N2O2S. The number of alkyl halides is 1. The Balaban J connectivity index is 2.59. The standard InChI is InChI=1S/C14H18F2N2O2S/c1-13(21(2,19)20)7-8-14(9-15,18-12(13)17)10-5-3-4-6-11(10)16/h3-6H,7-9H2,1-2H3,(H2,17,18)/t13?,14-/m1/s1. The first-order valence-electron chi connectivity index (χ1n) is 6.53. The van der Waals surface area contributed by atoms with E-state index in [1.54, 1.807) is 6.07 Å². The van der Waals surface area contributed by atoms with Gasteiger partial charge in [-0.25, -0.2) is 17.2 Å². The minimum absolute atomic E-state index is 0.0781. The van der Waals surface area contributed by atoms with Crippen molar-refractivity contribution in [1.82, 2.24) is 0 Å². The number of aliphatic imine (C=N–C) groups is 1. The number of hydrogen-bond donors (Lipinski definition) is 1. The first kappa shape index (κ1) is 15.9. The highest BCUT2D eigenvalue weighted by molar-refractivity contribution is 7.92. The average Bonchev–Trinajstić information content (AvgIpc) is 2.41. The lowest BCUT2D eigenvalue weighted by atomic mass is 9.81.